The fourth-order valence-electron chi connectivity index (χ4n) is 3.74. The van der Waals surface area contributed by atoms with Crippen molar-refractivity contribution in [3.8, 4) is 16.9 Å². The van der Waals surface area contributed by atoms with Gasteiger partial charge < -0.3 is 9.84 Å². The highest BCUT2D eigenvalue weighted by molar-refractivity contribution is 7.99. The highest BCUT2D eigenvalue weighted by Gasteiger charge is 2.30. The van der Waals surface area contributed by atoms with Crippen molar-refractivity contribution < 1.29 is 27.8 Å². The summed E-state index contributed by atoms with van der Waals surface area (Å²) in [4.78, 5) is 11.6. The van der Waals surface area contributed by atoms with Gasteiger partial charge in [0, 0.05) is 10.6 Å². The number of carbonyl (C=O) groups is 1. The van der Waals surface area contributed by atoms with Crippen molar-refractivity contribution in [3.05, 3.63) is 126 Å². The fraction of sp³-hybridized carbons (Fsp3) is 0.100. The second kappa shape index (κ2) is 11.8. The lowest BCUT2D eigenvalue weighted by Crippen LogP contribution is -2.09. The average molecular weight is 521 g/mol. The van der Waals surface area contributed by atoms with Crippen molar-refractivity contribution in [2.75, 3.05) is 12.4 Å². The Bertz CT molecular complexity index is 1360. The van der Waals surface area contributed by atoms with Crippen LogP contribution in [0.4, 0.5) is 13.2 Å². The van der Waals surface area contributed by atoms with E-state index in [1.54, 1.807) is 18.2 Å². The molecule has 0 aliphatic carbocycles. The molecular weight excluding hydrogens is 497 g/mol. The summed E-state index contributed by atoms with van der Waals surface area (Å²) in [6.45, 7) is -0.418. The maximum Gasteiger partial charge on any atom is 0.416 e. The number of hydrogen-bond donors (Lipinski definition) is 1. The third-order valence-corrected chi connectivity index (χ3v) is 6.47. The maximum absolute atomic E-state index is 13.4. The molecule has 0 radical (unpaired) electrons. The van der Waals surface area contributed by atoms with Crippen LogP contribution in [-0.4, -0.2) is 23.4 Å². The van der Waals surface area contributed by atoms with Crippen molar-refractivity contribution in [2.24, 2.45) is 0 Å². The summed E-state index contributed by atoms with van der Waals surface area (Å²) < 4.78 is 45.4. The third-order valence-electron chi connectivity index (χ3n) is 5.53. The van der Waals surface area contributed by atoms with Gasteiger partial charge in [0.15, 0.2) is 6.61 Å². The Kier molecular flexibility index (Phi) is 8.36. The Balaban J connectivity index is 1.59. The molecule has 0 bridgehead atoms. The highest BCUT2D eigenvalue weighted by atomic mass is 32.2. The van der Waals surface area contributed by atoms with Crippen molar-refractivity contribution in [1.82, 2.24) is 0 Å². The predicted molar refractivity (Wildman–Crippen MR) is 141 cm³/mol. The molecule has 0 aromatic heterocycles. The van der Waals surface area contributed by atoms with Crippen LogP contribution in [0.15, 0.2) is 114 Å². The standard InChI is InChI=1S/C30H23F3O3S/c31-30(32,33)25-8-4-7-24(19-25)28(23-11-9-22(10-12-23)21-5-2-1-3-6-21)17-18-37-27-15-13-26(14-16-27)36-20-29(34)35/h1-17,19H,18,20H2,(H,34,35)/b28-17-. The first-order valence-corrected chi connectivity index (χ1v) is 12.4. The smallest absolute Gasteiger partial charge is 0.416 e. The van der Waals surface area contributed by atoms with Gasteiger partial charge >= 0.3 is 12.1 Å². The van der Waals surface area contributed by atoms with Crippen LogP contribution in [0.2, 0.25) is 0 Å². The molecule has 4 aromatic carbocycles. The first kappa shape index (κ1) is 26.1. The first-order chi connectivity index (χ1) is 17.8. The van der Waals surface area contributed by atoms with Gasteiger partial charge in [-0.15, -0.1) is 11.8 Å². The molecule has 0 saturated carbocycles. The maximum atomic E-state index is 13.4. The fourth-order valence-corrected chi connectivity index (χ4v) is 4.51. The minimum Gasteiger partial charge on any atom is -0.482 e. The summed E-state index contributed by atoms with van der Waals surface area (Å²) in [5.41, 5.74) is 3.40. The SMILES string of the molecule is O=C(O)COc1ccc(SC/C=C(/c2ccc(-c3ccccc3)cc2)c2cccc(C(F)(F)F)c2)cc1. The summed E-state index contributed by atoms with van der Waals surface area (Å²) >= 11 is 1.51. The number of carboxylic acid groups (broad SMARTS) is 1. The van der Waals surface area contributed by atoms with Crippen molar-refractivity contribution in [3.63, 3.8) is 0 Å². The lowest BCUT2D eigenvalue weighted by molar-refractivity contribution is -0.139. The van der Waals surface area contributed by atoms with Gasteiger partial charge in [-0.1, -0.05) is 72.8 Å². The monoisotopic (exact) mass is 520 g/mol. The number of halogens is 3. The molecule has 3 nitrogen and oxygen atoms in total. The normalized spacial score (nSPS) is 11.8. The van der Waals surface area contributed by atoms with Gasteiger partial charge in [-0.25, -0.2) is 4.79 Å². The number of ether oxygens (including phenoxy) is 1. The van der Waals surface area contributed by atoms with E-state index in [1.807, 2.05) is 72.8 Å². The molecule has 1 N–H and O–H groups in total. The van der Waals surface area contributed by atoms with E-state index >= 15 is 0 Å². The third kappa shape index (κ3) is 7.27. The molecule has 0 saturated heterocycles. The minimum atomic E-state index is -4.43. The Morgan fingerprint density at radius 2 is 1.49 bits per heavy atom. The van der Waals surface area contributed by atoms with Crippen LogP contribution in [0.1, 0.15) is 16.7 Å². The van der Waals surface area contributed by atoms with E-state index in [9.17, 15) is 18.0 Å². The van der Waals surface area contributed by atoms with Crippen LogP contribution in [0, 0.1) is 0 Å². The second-order valence-corrected chi connectivity index (χ2v) is 9.20. The summed E-state index contributed by atoms with van der Waals surface area (Å²) in [5, 5.41) is 8.72. The quantitative estimate of drug-likeness (QED) is 0.227. The molecule has 0 fully saturated rings. The van der Waals surface area contributed by atoms with Crippen LogP contribution in [0.25, 0.3) is 16.7 Å². The molecule has 0 aliphatic heterocycles. The summed E-state index contributed by atoms with van der Waals surface area (Å²) in [7, 11) is 0. The molecule has 0 atom stereocenters. The number of aliphatic carboxylic acids is 1. The predicted octanol–water partition coefficient (Wildman–Crippen LogP) is 8.06. The molecule has 188 valence electrons. The molecule has 0 aliphatic rings. The average Bonchev–Trinajstić information content (AvgIpc) is 2.91. The molecule has 0 amide bonds. The van der Waals surface area contributed by atoms with Gasteiger partial charge in [0.1, 0.15) is 5.75 Å². The molecular formula is C30H23F3O3S. The first-order valence-electron chi connectivity index (χ1n) is 11.4. The van der Waals surface area contributed by atoms with Crippen LogP contribution >= 0.6 is 11.8 Å². The van der Waals surface area contributed by atoms with Gasteiger partial charge in [0.2, 0.25) is 0 Å². The van der Waals surface area contributed by atoms with E-state index in [-0.39, 0.29) is 0 Å². The largest absolute Gasteiger partial charge is 0.482 e. The molecule has 0 heterocycles. The van der Waals surface area contributed by atoms with Gasteiger partial charge in [0.25, 0.3) is 0 Å². The van der Waals surface area contributed by atoms with E-state index in [0.29, 0.717) is 22.6 Å². The van der Waals surface area contributed by atoms with E-state index < -0.39 is 24.3 Å². The Hall–Kier alpha value is -3.97. The van der Waals surface area contributed by atoms with Gasteiger partial charge in [-0.05, 0) is 64.2 Å². The molecule has 4 rings (SSSR count). The number of rotatable bonds is 9. The number of benzene rings is 4. The van der Waals surface area contributed by atoms with Crippen molar-refractivity contribution in [1.29, 1.82) is 0 Å². The van der Waals surface area contributed by atoms with Crippen molar-refractivity contribution >= 4 is 23.3 Å². The van der Waals surface area contributed by atoms with E-state index in [0.717, 1.165) is 27.7 Å². The van der Waals surface area contributed by atoms with Crippen molar-refractivity contribution in [2.45, 2.75) is 11.1 Å². The molecule has 4 aromatic rings. The summed E-state index contributed by atoms with van der Waals surface area (Å²) in [6, 6.07) is 30.0. The Morgan fingerprint density at radius 3 is 2.14 bits per heavy atom. The van der Waals surface area contributed by atoms with Crippen LogP contribution in [0.3, 0.4) is 0 Å². The second-order valence-electron chi connectivity index (χ2n) is 8.10. The van der Waals surface area contributed by atoms with Crippen LogP contribution < -0.4 is 4.74 Å². The number of carboxylic acids is 1. The number of thioether (sulfide) groups is 1. The van der Waals surface area contributed by atoms with Gasteiger partial charge in [0.05, 0.1) is 5.56 Å². The zero-order chi connectivity index (χ0) is 26.3. The van der Waals surface area contributed by atoms with Gasteiger partial charge in [-0.3, -0.25) is 0 Å². The topological polar surface area (TPSA) is 46.5 Å². The minimum absolute atomic E-state index is 0.418. The van der Waals surface area contributed by atoms with E-state index in [4.69, 9.17) is 9.84 Å². The van der Waals surface area contributed by atoms with Crippen LogP contribution in [0.5, 0.6) is 5.75 Å². The highest BCUT2D eigenvalue weighted by Crippen LogP contribution is 2.34. The zero-order valence-corrected chi connectivity index (χ0v) is 20.4. The molecule has 0 spiro atoms. The molecule has 0 unspecified atom stereocenters. The Labute approximate surface area is 217 Å². The van der Waals surface area contributed by atoms with Crippen LogP contribution in [-0.2, 0) is 11.0 Å². The lowest BCUT2D eigenvalue weighted by Gasteiger charge is -2.13. The van der Waals surface area contributed by atoms with Gasteiger partial charge in [-0.2, -0.15) is 13.2 Å². The molecule has 7 heteroatoms. The summed E-state index contributed by atoms with van der Waals surface area (Å²) in [5.74, 6) is -0.0885. The van der Waals surface area contributed by atoms with E-state index in [1.165, 1.54) is 23.9 Å². The zero-order valence-electron chi connectivity index (χ0n) is 19.6. The number of alkyl halides is 3. The molecule has 37 heavy (non-hydrogen) atoms. The Morgan fingerprint density at radius 1 is 0.811 bits per heavy atom. The lowest BCUT2D eigenvalue weighted by atomic mass is 9.94. The number of hydrogen-bond acceptors (Lipinski definition) is 3. The summed E-state index contributed by atoms with van der Waals surface area (Å²) in [6.07, 6.45) is -2.51. The van der Waals surface area contributed by atoms with E-state index in [2.05, 4.69) is 0 Å².